The van der Waals surface area contributed by atoms with E-state index in [1.54, 1.807) is 0 Å². The van der Waals surface area contributed by atoms with Gasteiger partial charge in [0.05, 0.1) is 12.3 Å². The summed E-state index contributed by atoms with van der Waals surface area (Å²) in [7, 11) is 0. The first-order chi connectivity index (χ1) is 9.99. The minimum absolute atomic E-state index is 0.223. The van der Waals surface area contributed by atoms with Crippen LogP contribution in [0.2, 0.25) is 0 Å². The smallest absolute Gasteiger partial charge is 0.314 e. The van der Waals surface area contributed by atoms with Gasteiger partial charge in [-0.1, -0.05) is 30.3 Å². The molecule has 1 aromatic rings. The first-order valence-corrected chi connectivity index (χ1v) is 6.49. The van der Waals surface area contributed by atoms with Crippen molar-refractivity contribution in [3.63, 3.8) is 0 Å². The minimum Gasteiger partial charge on any atom is -0.481 e. The molecule has 2 amide bonds. The van der Waals surface area contributed by atoms with Crippen molar-refractivity contribution in [1.29, 1.82) is 0 Å². The number of carboxylic acid groups (broad SMARTS) is 2. The molecule has 1 rings (SSSR count). The van der Waals surface area contributed by atoms with Crippen LogP contribution >= 0.6 is 0 Å². The zero-order chi connectivity index (χ0) is 15.7. The van der Waals surface area contributed by atoms with E-state index < -0.39 is 30.3 Å². The minimum atomic E-state index is -1.25. The van der Waals surface area contributed by atoms with Crippen LogP contribution in [0, 0.1) is 5.92 Å². The zero-order valence-corrected chi connectivity index (χ0v) is 11.4. The van der Waals surface area contributed by atoms with Crippen molar-refractivity contribution < 1.29 is 24.6 Å². The number of hydrogen-bond donors (Lipinski definition) is 4. The van der Waals surface area contributed by atoms with E-state index in [1.165, 1.54) is 0 Å². The van der Waals surface area contributed by atoms with Crippen LogP contribution in [0.5, 0.6) is 0 Å². The average molecular weight is 294 g/mol. The van der Waals surface area contributed by atoms with Crippen molar-refractivity contribution >= 4 is 18.0 Å². The lowest BCUT2D eigenvalue weighted by Gasteiger charge is -2.12. The number of carboxylic acids is 2. The fourth-order valence-corrected chi connectivity index (χ4v) is 1.70. The molecule has 0 radical (unpaired) electrons. The Hall–Kier alpha value is -2.57. The summed E-state index contributed by atoms with van der Waals surface area (Å²) in [6.45, 7) is 0.186. The molecule has 0 bridgehead atoms. The topological polar surface area (TPSA) is 116 Å². The first-order valence-electron chi connectivity index (χ1n) is 6.49. The normalized spacial score (nSPS) is 11.4. The molecule has 4 N–H and O–H groups in total. The van der Waals surface area contributed by atoms with Gasteiger partial charge in [-0.15, -0.1) is 0 Å². The quantitative estimate of drug-likeness (QED) is 0.563. The summed E-state index contributed by atoms with van der Waals surface area (Å²) in [5.74, 6) is -3.60. The van der Waals surface area contributed by atoms with Gasteiger partial charge in [0, 0.05) is 13.1 Å². The van der Waals surface area contributed by atoms with E-state index >= 15 is 0 Å². The maximum Gasteiger partial charge on any atom is 0.314 e. The first kappa shape index (κ1) is 16.5. The van der Waals surface area contributed by atoms with E-state index in [0.29, 0.717) is 13.0 Å². The molecule has 1 unspecified atom stereocenters. The highest BCUT2D eigenvalue weighted by atomic mass is 16.4. The van der Waals surface area contributed by atoms with Gasteiger partial charge >= 0.3 is 18.0 Å². The summed E-state index contributed by atoms with van der Waals surface area (Å²) in [6.07, 6.45) is 0.130. The van der Waals surface area contributed by atoms with E-state index in [1.807, 2.05) is 30.3 Å². The molecule has 114 valence electrons. The van der Waals surface area contributed by atoms with Gasteiger partial charge in [0.2, 0.25) is 0 Å². The molecule has 7 nitrogen and oxygen atoms in total. The predicted molar refractivity (Wildman–Crippen MR) is 74.9 cm³/mol. The third-order valence-electron chi connectivity index (χ3n) is 2.82. The highest BCUT2D eigenvalue weighted by Gasteiger charge is 2.21. The van der Waals surface area contributed by atoms with Gasteiger partial charge in [0.25, 0.3) is 0 Å². The largest absolute Gasteiger partial charge is 0.481 e. The third kappa shape index (κ3) is 6.95. The molecule has 0 spiro atoms. The molecular weight excluding hydrogens is 276 g/mol. The average Bonchev–Trinajstić information content (AvgIpc) is 2.44. The molecule has 0 fully saturated rings. The number of nitrogens with one attached hydrogen (secondary N) is 2. The van der Waals surface area contributed by atoms with Crippen molar-refractivity contribution in [3.8, 4) is 0 Å². The maximum atomic E-state index is 11.5. The summed E-state index contributed by atoms with van der Waals surface area (Å²) in [4.78, 5) is 32.8. The third-order valence-corrected chi connectivity index (χ3v) is 2.82. The van der Waals surface area contributed by atoms with Gasteiger partial charge in [-0.2, -0.15) is 0 Å². The van der Waals surface area contributed by atoms with Crippen LogP contribution in [0.25, 0.3) is 0 Å². The molecule has 0 heterocycles. The van der Waals surface area contributed by atoms with E-state index in [9.17, 15) is 14.4 Å². The monoisotopic (exact) mass is 294 g/mol. The Bertz CT molecular complexity index is 489. The number of hydrogen-bond acceptors (Lipinski definition) is 3. The lowest BCUT2D eigenvalue weighted by molar-refractivity contribution is -0.148. The standard InChI is InChI=1S/C14H18N2O5/c17-12(18)8-11(13(19)20)9-16-14(21)15-7-6-10-4-2-1-3-5-10/h1-5,11H,6-9H2,(H,17,18)(H,19,20)(H2,15,16,21). The molecule has 0 aliphatic rings. The van der Waals surface area contributed by atoms with Gasteiger partial charge < -0.3 is 20.8 Å². The summed E-state index contributed by atoms with van der Waals surface area (Å²) in [6, 6.07) is 9.07. The molecule has 0 aliphatic carbocycles. The zero-order valence-electron chi connectivity index (χ0n) is 11.4. The Morgan fingerprint density at radius 1 is 1.05 bits per heavy atom. The highest BCUT2D eigenvalue weighted by Crippen LogP contribution is 2.02. The molecule has 21 heavy (non-hydrogen) atoms. The van der Waals surface area contributed by atoms with Crippen LogP contribution in [-0.4, -0.2) is 41.3 Å². The van der Waals surface area contributed by atoms with Crippen LogP contribution in [0.1, 0.15) is 12.0 Å². The number of amides is 2. The molecule has 1 aromatic carbocycles. The van der Waals surface area contributed by atoms with Crippen molar-refractivity contribution in [2.24, 2.45) is 5.92 Å². The number of carbonyl (C=O) groups excluding carboxylic acids is 1. The number of aliphatic carboxylic acids is 2. The van der Waals surface area contributed by atoms with E-state index in [-0.39, 0.29) is 6.54 Å². The predicted octanol–water partition coefficient (Wildman–Crippen LogP) is 0.704. The van der Waals surface area contributed by atoms with Gasteiger partial charge in [-0.05, 0) is 12.0 Å². The molecule has 0 saturated heterocycles. The highest BCUT2D eigenvalue weighted by molar-refractivity contribution is 5.79. The molecule has 0 aliphatic heterocycles. The summed E-state index contributed by atoms with van der Waals surface area (Å²) >= 11 is 0. The second kappa shape index (κ2) is 8.57. The lowest BCUT2D eigenvalue weighted by atomic mass is 10.1. The SMILES string of the molecule is O=C(O)CC(CNC(=O)NCCc1ccccc1)C(=O)O. The number of urea groups is 1. The summed E-state index contributed by atoms with van der Waals surface area (Å²) < 4.78 is 0. The fraction of sp³-hybridized carbons (Fsp3) is 0.357. The Morgan fingerprint density at radius 2 is 1.71 bits per heavy atom. The maximum absolute atomic E-state index is 11.5. The van der Waals surface area contributed by atoms with E-state index in [2.05, 4.69) is 10.6 Å². The van der Waals surface area contributed by atoms with Crippen molar-refractivity contribution in [2.75, 3.05) is 13.1 Å². The van der Waals surface area contributed by atoms with Crippen LogP contribution in [0.4, 0.5) is 4.79 Å². The van der Waals surface area contributed by atoms with E-state index in [4.69, 9.17) is 10.2 Å². The van der Waals surface area contributed by atoms with E-state index in [0.717, 1.165) is 5.56 Å². The summed E-state index contributed by atoms with van der Waals surface area (Å²) in [5.41, 5.74) is 1.08. The van der Waals surface area contributed by atoms with Gasteiger partial charge in [0.15, 0.2) is 0 Å². The fourth-order valence-electron chi connectivity index (χ4n) is 1.70. The van der Waals surface area contributed by atoms with Crippen LogP contribution in [-0.2, 0) is 16.0 Å². The Morgan fingerprint density at radius 3 is 2.29 bits per heavy atom. The summed E-state index contributed by atoms with van der Waals surface area (Å²) in [5, 5.41) is 22.3. The Kier molecular flexibility index (Phi) is 6.73. The van der Waals surface area contributed by atoms with Crippen molar-refractivity contribution in [1.82, 2.24) is 10.6 Å². The van der Waals surface area contributed by atoms with Gasteiger partial charge in [0.1, 0.15) is 0 Å². The Balaban J connectivity index is 2.26. The molecule has 7 heteroatoms. The molecule has 0 aromatic heterocycles. The van der Waals surface area contributed by atoms with Crippen molar-refractivity contribution in [3.05, 3.63) is 35.9 Å². The lowest BCUT2D eigenvalue weighted by Crippen LogP contribution is -2.41. The second-order valence-electron chi connectivity index (χ2n) is 4.51. The number of carbonyl (C=O) groups is 3. The van der Waals surface area contributed by atoms with Crippen molar-refractivity contribution in [2.45, 2.75) is 12.8 Å². The van der Waals surface area contributed by atoms with Crippen LogP contribution < -0.4 is 10.6 Å². The van der Waals surface area contributed by atoms with Crippen LogP contribution in [0.15, 0.2) is 30.3 Å². The van der Waals surface area contributed by atoms with Gasteiger partial charge in [-0.25, -0.2) is 4.79 Å². The molecular formula is C14H18N2O5. The molecule has 0 saturated carbocycles. The molecule has 1 atom stereocenters. The van der Waals surface area contributed by atoms with Crippen LogP contribution in [0.3, 0.4) is 0 Å². The number of benzene rings is 1. The number of rotatable bonds is 8. The second-order valence-corrected chi connectivity index (χ2v) is 4.51. The Labute approximate surface area is 122 Å². The van der Waals surface area contributed by atoms with Gasteiger partial charge in [-0.3, -0.25) is 9.59 Å².